The van der Waals surface area contributed by atoms with Crippen LogP contribution in [0.5, 0.6) is 5.75 Å². The SMILES string of the molecule is Cc1ccccc1OCC(CC#N)N1CCNCC1. The summed E-state index contributed by atoms with van der Waals surface area (Å²) in [6.45, 7) is 6.59. The smallest absolute Gasteiger partial charge is 0.122 e. The molecule has 0 aliphatic carbocycles. The van der Waals surface area contributed by atoms with Gasteiger partial charge in [0.2, 0.25) is 0 Å². The van der Waals surface area contributed by atoms with Crippen molar-refractivity contribution in [3.8, 4) is 11.8 Å². The molecular weight excluding hydrogens is 238 g/mol. The van der Waals surface area contributed by atoms with Gasteiger partial charge in [0.05, 0.1) is 18.5 Å². The number of nitrogens with zero attached hydrogens (tertiary/aromatic N) is 2. The molecule has 1 heterocycles. The van der Waals surface area contributed by atoms with Crippen molar-refractivity contribution in [2.75, 3.05) is 32.8 Å². The Labute approximate surface area is 115 Å². The topological polar surface area (TPSA) is 48.3 Å². The fraction of sp³-hybridized carbons (Fsp3) is 0.533. The second-order valence-corrected chi connectivity index (χ2v) is 4.88. The summed E-state index contributed by atoms with van der Waals surface area (Å²) in [5, 5.41) is 12.3. The van der Waals surface area contributed by atoms with Gasteiger partial charge in [0.1, 0.15) is 12.4 Å². The molecule has 0 aromatic heterocycles. The van der Waals surface area contributed by atoms with E-state index in [2.05, 4.69) is 16.3 Å². The summed E-state index contributed by atoms with van der Waals surface area (Å²) in [7, 11) is 0. The maximum Gasteiger partial charge on any atom is 0.122 e. The molecule has 1 aliphatic rings. The van der Waals surface area contributed by atoms with E-state index >= 15 is 0 Å². The Kier molecular flexibility index (Phi) is 5.20. The van der Waals surface area contributed by atoms with Gasteiger partial charge in [0.25, 0.3) is 0 Å². The number of nitriles is 1. The van der Waals surface area contributed by atoms with E-state index in [-0.39, 0.29) is 6.04 Å². The lowest BCUT2D eigenvalue weighted by atomic mass is 10.1. The Balaban J connectivity index is 1.93. The van der Waals surface area contributed by atoms with Crippen LogP contribution in [0.2, 0.25) is 0 Å². The number of benzene rings is 1. The van der Waals surface area contributed by atoms with Crippen molar-refractivity contribution in [2.45, 2.75) is 19.4 Å². The minimum absolute atomic E-state index is 0.187. The summed E-state index contributed by atoms with van der Waals surface area (Å²) >= 11 is 0. The van der Waals surface area contributed by atoms with Gasteiger partial charge in [-0.3, -0.25) is 4.90 Å². The molecule has 0 saturated carbocycles. The van der Waals surface area contributed by atoms with Gasteiger partial charge in [-0.1, -0.05) is 18.2 Å². The van der Waals surface area contributed by atoms with Crippen LogP contribution < -0.4 is 10.1 Å². The predicted octanol–water partition coefficient (Wildman–Crippen LogP) is 1.56. The number of ether oxygens (including phenoxy) is 1. The van der Waals surface area contributed by atoms with Crippen molar-refractivity contribution in [1.29, 1.82) is 5.26 Å². The summed E-state index contributed by atoms with van der Waals surface area (Å²) in [4.78, 5) is 2.35. The third kappa shape index (κ3) is 3.95. The number of rotatable bonds is 5. The average molecular weight is 259 g/mol. The molecule has 1 unspecified atom stereocenters. The van der Waals surface area contributed by atoms with Gasteiger partial charge in [0.15, 0.2) is 0 Å². The first kappa shape index (κ1) is 13.9. The van der Waals surface area contributed by atoms with Crippen LogP contribution in [-0.2, 0) is 0 Å². The Morgan fingerprint density at radius 2 is 2.11 bits per heavy atom. The van der Waals surface area contributed by atoms with Crippen molar-refractivity contribution in [3.63, 3.8) is 0 Å². The summed E-state index contributed by atoms with van der Waals surface area (Å²) in [6.07, 6.45) is 0.520. The molecule has 4 heteroatoms. The lowest BCUT2D eigenvalue weighted by molar-refractivity contribution is 0.123. The molecule has 2 rings (SSSR count). The molecule has 0 bridgehead atoms. The van der Waals surface area contributed by atoms with E-state index in [1.807, 2.05) is 31.2 Å². The van der Waals surface area contributed by atoms with Crippen LogP contribution in [0.1, 0.15) is 12.0 Å². The lowest BCUT2D eigenvalue weighted by Gasteiger charge is -2.33. The van der Waals surface area contributed by atoms with Crippen molar-refractivity contribution < 1.29 is 4.74 Å². The second kappa shape index (κ2) is 7.13. The first-order valence-corrected chi connectivity index (χ1v) is 6.81. The van der Waals surface area contributed by atoms with Crippen molar-refractivity contribution in [2.24, 2.45) is 0 Å². The van der Waals surface area contributed by atoms with Crippen molar-refractivity contribution in [1.82, 2.24) is 10.2 Å². The molecule has 1 saturated heterocycles. The number of piperazine rings is 1. The number of hydrogen-bond donors (Lipinski definition) is 1. The minimum atomic E-state index is 0.187. The lowest BCUT2D eigenvalue weighted by Crippen LogP contribution is -2.50. The third-order valence-corrected chi connectivity index (χ3v) is 3.52. The maximum atomic E-state index is 8.97. The first-order chi connectivity index (χ1) is 9.31. The Hall–Kier alpha value is -1.57. The molecule has 19 heavy (non-hydrogen) atoms. The van der Waals surface area contributed by atoms with E-state index in [1.54, 1.807) is 0 Å². The number of para-hydroxylation sites is 1. The quantitative estimate of drug-likeness (QED) is 0.872. The van der Waals surface area contributed by atoms with Crippen LogP contribution in [0.4, 0.5) is 0 Å². The largest absolute Gasteiger partial charge is 0.492 e. The number of aryl methyl sites for hydroxylation is 1. The highest BCUT2D eigenvalue weighted by atomic mass is 16.5. The summed E-state index contributed by atoms with van der Waals surface area (Å²) in [5.41, 5.74) is 1.14. The van der Waals surface area contributed by atoms with Crippen LogP contribution in [-0.4, -0.2) is 43.7 Å². The van der Waals surface area contributed by atoms with Gasteiger partial charge in [-0.2, -0.15) is 5.26 Å². The van der Waals surface area contributed by atoms with Gasteiger partial charge in [-0.25, -0.2) is 0 Å². The summed E-state index contributed by atoms with van der Waals surface area (Å²) in [5.74, 6) is 0.917. The van der Waals surface area contributed by atoms with Gasteiger partial charge in [-0.15, -0.1) is 0 Å². The fourth-order valence-electron chi connectivity index (χ4n) is 2.35. The molecule has 102 valence electrons. The van der Waals surface area contributed by atoms with E-state index in [0.29, 0.717) is 13.0 Å². The molecule has 0 spiro atoms. The summed E-state index contributed by atoms with van der Waals surface area (Å²) in [6, 6.07) is 10.5. The molecule has 1 aliphatic heterocycles. The van der Waals surface area contributed by atoms with Crippen molar-refractivity contribution >= 4 is 0 Å². The van der Waals surface area contributed by atoms with Crippen LogP contribution in [0.3, 0.4) is 0 Å². The number of hydrogen-bond acceptors (Lipinski definition) is 4. The molecule has 0 radical (unpaired) electrons. The first-order valence-electron chi connectivity index (χ1n) is 6.81. The second-order valence-electron chi connectivity index (χ2n) is 4.88. The highest BCUT2D eigenvalue weighted by Gasteiger charge is 2.21. The van der Waals surface area contributed by atoms with Gasteiger partial charge >= 0.3 is 0 Å². The van der Waals surface area contributed by atoms with E-state index in [9.17, 15) is 0 Å². The van der Waals surface area contributed by atoms with E-state index < -0.39 is 0 Å². The van der Waals surface area contributed by atoms with E-state index in [4.69, 9.17) is 10.00 Å². The van der Waals surface area contributed by atoms with Gasteiger partial charge in [0, 0.05) is 26.2 Å². The third-order valence-electron chi connectivity index (χ3n) is 3.52. The molecule has 1 aromatic carbocycles. The molecular formula is C15H21N3O. The molecule has 1 N–H and O–H groups in total. The minimum Gasteiger partial charge on any atom is -0.492 e. The van der Waals surface area contributed by atoms with Crippen LogP contribution >= 0.6 is 0 Å². The van der Waals surface area contributed by atoms with E-state index in [0.717, 1.165) is 37.5 Å². The number of nitrogens with one attached hydrogen (secondary N) is 1. The zero-order chi connectivity index (χ0) is 13.5. The predicted molar refractivity (Wildman–Crippen MR) is 75.1 cm³/mol. The molecule has 1 fully saturated rings. The Morgan fingerprint density at radius 1 is 1.37 bits per heavy atom. The molecule has 0 amide bonds. The monoisotopic (exact) mass is 259 g/mol. The van der Waals surface area contributed by atoms with Crippen LogP contribution in [0.15, 0.2) is 24.3 Å². The van der Waals surface area contributed by atoms with Gasteiger partial charge in [-0.05, 0) is 18.6 Å². The normalized spacial score (nSPS) is 17.7. The van der Waals surface area contributed by atoms with Gasteiger partial charge < -0.3 is 10.1 Å². The van der Waals surface area contributed by atoms with Crippen molar-refractivity contribution in [3.05, 3.63) is 29.8 Å². The zero-order valence-electron chi connectivity index (χ0n) is 11.4. The zero-order valence-corrected chi connectivity index (χ0v) is 11.4. The standard InChI is InChI=1S/C15H21N3O/c1-13-4-2-3-5-15(13)19-12-14(6-7-16)18-10-8-17-9-11-18/h2-5,14,17H,6,8-12H2,1H3. The van der Waals surface area contributed by atoms with Crippen LogP contribution in [0.25, 0.3) is 0 Å². The maximum absolute atomic E-state index is 8.97. The Morgan fingerprint density at radius 3 is 2.79 bits per heavy atom. The molecule has 1 atom stereocenters. The fourth-order valence-corrected chi connectivity index (χ4v) is 2.35. The van der Waals surface area contributed by atoms with Crippen LogP contribution in [0, 0.1) is 18.3 Å². The average Bonchev–Trinajstić information content (AvgIpc) is 2.46. The van der Waals surface area contributed by atoms with E-state index in [1.165, 1.54) is 0 Å². The molecule has 4 nitrogen and oxygen atoms in total. The summed E-state index contributed by atoms with van der Waals surface area (Å²) < 4.78 is 5.89. The Bertz CT molecular complexity index is 435. The highest BCUT2D eigenvalue weighted by Crippen LogP contribution is 2.17. The molecule has 1 aromatic rings. The highest BCUT2D eigenvalue weighted by molar-refractivity contribution is 5.31.